The van der Waals surface area contributed by atoms with Gasteiger partial charge in [0, 0.05) is 0 Å². The van der Waals surface area contributed by atoms with Gasteiger partial charge in [-0.3, -0.25) is 0 Å². The Morgan fingerprint density at radius 2 is 2.50 bits per heavy atom. The third kappa shape index (κ3) is 0.291. The van der Waals surface area contributed by atoms with Gasteiger partial charge in [-0.05, 0) is 4.96 Å². The second-order valence-electron chi connectivity index (χ2n) is 0.658. The number of aromatic nitrogens is 4. The summed E-state index contributed by atoms with van der Waals surface area (Å²) in [6.45, 7) is 0. The van der Waals surface area contributed by atoms with Crippen molar-refractivity contribution in [1.29, 1.82) is 0 Å². The molecular formula is CHN4O-. The molecule has 0 aromatic carbocycles. The molecule has 0 amide bonds. The van der Waals surface area contributed by atoms with E-state index in [1.807, 2.05) is 6.33 Å². The average molecular weight is 85.0 g/mol. The molecule has 1 heterocycles. The zero-order valence-electron chi connectivity index (χ0n) is 2.74. The summed E-state index contributed by atoms with van der Waals surface area (Å²) in [5.74, 6) is 0. The predicted octanol–water partition coefficient (Wildman–Crippen LogP) is -1.29. The van der Waals surface area contributed by atoms with E-state index < -0.39 is 0 Å². The fourth-order valence-corrected chi connectivity index (χ4v) is 0.140. The summed E-state index contributed by atoms with van der Waals surface area (Å²) < 4.78 is 0. The Hall–Kier alpha value is -1.13. The van der Waals surface area contributed by atoms with Crippen LogP contribution in [0, 0.1) is 6.33 Å². The van der Waals surface area contributed by atoms with E-state index in [-0.39, 0.29) is 0 Å². The SMILES string of the molecule is On1n[c-]nn1. The molecule has 0 saturated heterocycles. The van der Waals surface area contributed by atoms with E-state index in [1.54, 1.807) is 0 Å². The summed E-state index contributed by atoms with van der Waals surface area (Å²) in [7, 11) is 0. The highest BCUT2D eigenvalue weighted by Crippen LogP contribution is 1.53. The molecule has 6 heavy (non-hydrogen) atoms. The molecule has 32 valence electrons. The molecule has 0 spiro atoms. The van der Waals surface area contributed by atoms with Gasteiger partial charge in [-0.15, -0.1) is 0 Å². The molecule has 1 aromatic rings. The summed E-state index contributed by atoms with van der Waals surface area (Å²) in [5.41, 5.74) is 0. The zero-order valence-corrected chi connectivity index (χ0v) is 2.74. The van der Waals surface area contributed by atoms with Crippen molar-refractivity contribution in [3.8, 4) is 0 Å². The van der Waals surface area contributed by atoms with Crippen molar-refractivity contribution in [2.45, 2.75) is 0 Å². The van der Waals surface area contributed by atoms with E-state index in [9.17, 15) is 0 Å². The zero-order chi connectivity index (χ0) is 4.41. The molecular weight excluding hydrogens is 84.0 g/mol. The Labute approximate surface area is 33.2 Å². The molecule has 0 aliphatic carbocycles. The maximum atomic E-state index is 8.07. The van der Waals surface area contributed by atoms with E-state index in [1.165, 1.54) is 0 Å². The van der Waals surface area contributed by atoms with Crippen molar-refractivity contribution in [1.82, 2.24) is 20.4 Å². The minimum Gasteiger partial charge on any atom is -0.397 e. The summed E-state index contributed by atoms with van der Waals surface area (Å²) >= 11 is 0. The van der Waals surface area contributed by atoms with Crippen LogP contribution in [0.2, 0.25) is 0 Å². The van der Waals surface area contributed by atoms with E-state index in [0.717, 1.165) is 0 Å². The van der Waals surface area contributed by atoms with Crippen LogP contribution in [0.15, 0.2) is 0 Å². The lowest BCUT2D eigenvalue weighted by atomic mass is 11.4. The van der Waals surface area contributed by atoms with E-state index in [0.29, 0.717) is 4.96 Å². The first kappa shape index (κ1) is 3.08. The van der Waals surface area contributed by atoms with Crippen molar-refractivity contribution in [3.05, 3.63) is 6.33 Å². The van der Waals surface area contributed by atoms with Crippen molar-refractivity contribution in [2.24, 2.45) is 0 Å². The summed E-state index contributed by atoms with van der Waals surface area (Å²) in [4.78, 5) is 0.333. The number of tetrazole rings is 1. The van der Waals surface area contributed by atoms with Crippen molar-refractivity contribution >= 4 is 0 Å². The lowest BCUT2D eigenvalue weighted by Crippen LogP contribution is -1.93. The van der Waals surface area contributed by atoms with Crippen molar-refractivity contribution in [3.63, 3.8) is 0 Å². The van der Waals surface area contributed by atoms with Crippen LogP contribution >= 0.6 is 0 Å². The summed E-state index contributed by atoms with van der Waals surface area (Å²) in [6.07, 6.45) is 2.03. The van der Waals surface area contributed by atoms with Crippen LogP contribution in [-0.4, -0.2) is 25.6 Å². The second-order valence-corrected chi connectivity index (χ2v) is 0.658. The molecule has 0 aliphatic heterocycles. The molecule has 0 fully saturated rings. The fraction of sp³-hybridized carbons (Fsp3) is 0. The van der Waals surface area contributed by atoms with Gasteiger partial charge in [0.15, 0.2) is 0 Å². The Balaban J connectivity index is 3.05. The Bertz CT molecular complexity index is 111. The Morgan fingerprint density at radius 1 is 1.67 bits per heavy atom. The fourth-order valence-electron chi connectivity index (χ4n) is 0.140. The van der Waals surface area contributed by atoms with Crippen molar-refractivity contribution < 1.29 is 5.21 Å². The molecule has 0 aliphatic rings. The van der Waals surface area contributed by atoms with Gasteiger partial charge in [-0.25, -0.2) is 6.33 Å². The largest absolute Gasteiger partial charge is 0.397 e. The lowest BCUT2D eigenvalue weighted by molar-refractivity contribution is 0.106. The average Bonchev–Trinajstić information content (AvgIpc) is 1.86. The van der Waals surface area contributed by atoms with Crippen LogP contribution in [0.25, 0.3) is 0 Å². The first-order valence-electron chi connectivity index (χ1n) is 1.25. The number of rotatable bonds is 0. The van der Waals surface area contributed by atoms with Crippen LogP contribution in [0.3, 0.4) is 0 Å². The maximum Gasteiger partial charge on any atom is -0.0255 e. The first-order chi connectivity index (χ1) is 2.89. The Kier molecular flexibility index (Phi) is 0.474. The van der Waals surface area contributed by atoms with Gasteiger partial charge in [0.1, 0.15) is 0 Å². The molecule has 0 bridgehead atoms. The van der Waals surface area contributed by atoms with Gasteiger partial charge < -0.3 is 15.4 Å². The van der Waals surface area contributed by atoms with E-state index in [4.69, 9.17) is 5.21 Å². The third-order valence-electron chi connectivity index (χ3n) is 0.304. The molecule has 0 unspecified atom stereocenters. The number of nitrogens with zero attached hydrogens (tertiary/aromatic N) is 4. The maximum absolute atomic E-state index is 8.07. The standard InChI is InChI=1S/CHN4O/c6-5-3-1-2-4-5/h6H/q-1. The molecule has 0 radical (unpaired) electrons. The van der Waals surface area contributed by atoms with Crippen LogP contribution < -0.4 is 0 Å². The van der Waals surface area contributed by atoms with Gasteiger partial charge in [-0.2, -0.15) is 0 Å². The second kappa shape index (κ2) is 0.925. The number of hydrogen-bond acceptors (Lipinski definition) is 4. The molecule has 0 atom stereocenters. The highest BCUT2D eigenvalue weighted by molar-refractivity contribution is 4.22. The van der Waals surface area contributed by atoms with Gasteiger partial charge >= 0.3 is 0 Å². The molecule has 1 rings (SSSR count). The molecule has 0 saturated carbocycles. The molecule has 1 aromatic heterocycles. The lowest BCUT2D eigenvalue weighted by Gasteiger charge is -1.78. The highest BCUT2D eigenvalue weighted by Gasteiger charge is 1.62. The third-order valence-corrected chi connectivity index (χ3v) is 0.304. The van der Waals surface area contributed by atoms with Crippen LogP contribution in [0.4, 0.5) is 0 Å². The summed E-state index contributed by atoms with van der Waals surface area (Å²) in [5, 5.41) is 17.1. The minimum absolute atomic E-state index is 0.333. The highest BCUT2D eigenvalue weighted by atomic mass is 16.5. The monoisotopic (exact) mass is 85.0 g/mol. The minimum atomic E-state index is 0.333. The Morgan fingerprint density at radius 3 is 2.67 bits per heavy atom. The molecule has 1 N–H and O–H groups in total. The van der Waals surface area contributed by atoms with Crippen LogP contribution in [0.5, 0.6) is 0 Å². The molecule has 5 heteroatoms. The van der Waals surface area contributed by atoms with Gasteiger partial charge in [0.25, 0.3) is 0 Å². The van der Waals surface area contributed by atoms with Gasteiger partial charge in [-0.1, -0.05) is 5.21 Å². The van der Waals surface area contributed by atoms with Crippen LogP contribution in [0.1, 0.15) is 0 Å². The van der Waals surface area contributed by atoms with E-state index >= 15 is 0 Å². The van der Waals surface area contributed by atoms with E-state index in [2.05, 4.69) is 15.4 Å². The summed E-state index contributed by atoms with van der Waals surface area (Å²) in [6, 6.07) is 0. The normalized spacial score (nSPS) is 8.67. The first-order valence-corrected chi connectivity index (χ1v) is 1.25. The topological polar surface area (TPSA) is 63.8 Å². The van der Waals surface area contributed by atoms with Crippen LogP contribution in [-0.2, 0) is 0 Å². The molecule has 5 nitrogen and oxygen atoms in total. The van der Waals surface area contributed by atoms with Gasteiger partial charge in [0.05, 0.1) is 0 Å². The predicted molar refractivity (Wildman–Crippen MR) is 13.8 cm³/mol. The van der Waals surface area contributed by atoms with Gasteiger partial charge in [0.2, 0.25) is 0 Å². The van der Waals surface area contributed by atoms with Crippen molar-refractivity contribution in [2.75, 3.05) is 0 Å². The number of hydrogen-bond donors (Lipinski definition) is 1. The smallest absolute Gasteiger partial charge is 0.0255 e. The quantitative estimate of drug-likeness (QED) is 0.314.